The van der Waals surface area contributed by atoms with Crippen LogP contribution < -0.4 is 16.0 Å². The highest BCUT2D eigenvalue weighted by molar-refractivity contribution is 5.85. The molecule has 59 heavy (non-hydrogen) atoms. The maximum absolute atomic E-state index is 12.7. The molecule has 3 aromatic carbocycles. The van der Waals surface area contributed by atoms with Gasteiger partial charge in [-0.1, -0.05) is 89.1 Å². The smallest absolute Gasteiger partial charge is 0.407 e. The second-order valence-corrected chi connectivity index (χ2v) is 15.4. The first kappa shape index (κ1) is 42.4. The Kier molecular flexibility index (Phi) is 13.7. The molecule has 2 aromatic heterocycles. The second kappa shape index (κ2) is 19.0. The van der Waals surface area contributed by atoms with Gasteiger partial charge in [0.25, 0.3) is 0 Å². The van der Waals surface area contributed by atoms with Gasteiger partial charge in [0, 0.05) is 17.8 Å². The molecule has 312 valence electrons. The highest BCUT2D eigenvalue weighted by Gasteiger charge is 2.43. The van der Waals surface area contributed by atoms with Gasteiger partial charge in [-0.05, 0) is 84.9 Å². The van der Waals surface area contributed by atoms with Gasteiger partial charge in [-0.25, -0.2) is 19.6 Å². The normalized spacial score (nSPS) is 15.9. The molecule has 14 heteroatoms. The molecule has 1 aliphatic heterocycles. The van der Waals surface area contributed by atoms with Crippen LogP contribution in [-0.2, 0) is 32.7 Å². The number of likely N-dealkylation sites (tertiary alicyclic amines) is 1. The quantitative estimate of drug-likeness (QED) is 0.0862. The zero-order valence-corrected chi connectivity index (χ0v) is 34.7. The molecule has 2 fully saturated rings. The molecule has 6 N–H and O–H groups in total. The SMILES string of the molecule is CCC.CCC.COC(=O)NCC(=O)NC1(c2nc3ccc(-c4ccc(-c5ccc6c(c5)CCc5[nH]c([C@@H]7CCCN7C(=O)CNC(=O)O)nc5-6)cc4)cc3[nH]2)CCC1. The molecule has 0 bridgehead atoms. The molecule has 1 saturated carbocycles. The van der Waals surface area contributed by atoms with Crippen molar-refractivity contribution in [2.45, 2.75) is 97.1 Å². The molecular weight excluding hydrogens is 749 g/mol. The second-order valence-electron chi connectivity index (χ2n) is 15.4. The Labute approximate surface area is 344 Å². The first-order valence-electron chi connectivity index (χ1n) is 20.7. The van der Waals surface area contributed by atoms with E-state index in [4.69, 9.17) is 15.1 Å². The summed E-state index contributed by atoms with van der Waals surface area (Å²) in [5.74, 6) is 0.923. The van der Waals surface area contributed by atoms with E-state index in [2.05, 4.69) is 113 Å². The number of alkyl carbamates (subject to hydrolysis) is 1. The maximum atomic E-state index is 12.7. The number of benzene rings is 3. The van der Waals surface area contributed by atoms with Crippen LogP contribution in [0.4, 0.5) is 9.59 Å². The third-order valence-corrected chi connectivity index (χ3v) is 10.7. The lowest BCUT2D eigenvalue weighted by atomic mass is 9.76. The molecule has 4 amide bonds. The van der Waals surface area contributed by atoms with Crippen molar-refractivity contribution in [2.24, 2.45) is 0 Å². The molecule has 1 saturated heterocycles. The number of ether oxygens (including phenoxy) is 1. The Morgan fingerprint density at radius 3 is 2.14 bits per heavy atom. The van der Waals surface area contributed by atoms with Crippen LogP contribution >= 0.6 is 0 Å². The lowest BCUT2D eigenvalue weighted by molar-refractivity contribution is -0.131. The van der Waals surface area contributed by atoms with Crippen LogP contribution in [0.25, 0.3) is 44.5 Å². The molecular formula is C45H56N8O6. The number of nitrogens with zero attached hydrogens (tertiary/aromatic N) is 3. The van der Waals surface area contributed by atoms with E-state index in [0.717, 1.165) is 101 Å². The van der Waals surface area contributed by atoms with Crippen molar-refractivity contribution in [1.29, 1.82) is 0 Å². The molecule has 8 rings (SSSR count). The summed E-state index contributed by atoms with van der Waals surface area (Å²) in [5.41, 5.74) is 9.74. The fourth-order valence-corrected chi connectivity index (χ4v) is 7.82. The molecule has 5 aromatic rings. The summed E-state index contributed by atoms with van der Waals surface area (Å²) in [4.78, 5) is 66.2. The predicted molar refractivity (Wildman–Crippen MR) is 228 cm³/mol. The van der Waals surface area contributed by atoms with Gasteiger partial charge in [-0.3, -0.25) is 9.59 Å². The van der Waals surface area contributed by atoms with Crippen molar-refractivity contribution in [1.82, 2.24) is 40.8 Å². The minimum absolute atomic E-state index is 0.173. The summed E-state index contributed by atoms with van der Waals surface area (Å²) >= 11 is 0. The zero-order chi connectivity index (χ0) is 42.1. The minimum atomic E-state index is -1.21. The topological polar surface area (TPSA) is 194 Å². The molecule has 3 heterocycles. The Morgan fingerprint density at radius 1 is 0.831 bits per heavy atom. The number of nitrogens with one attached hydrogen (secondary N) is 5. The van der Waals surface area contributed by atoms with Gasteiger partial charge >= 0.3 is 12.2 Å². The number of rotatable bonds is 9. The van der Waals surface area contributed by atoms with E-state index >= 15 is 0 Å². The maximum Gasteiger partial charge on any atom is 0.407 e. The number of carbonyl (C=O) groups is 4. The standard InChI is InChI=1S/C39H40N8O6.2C3H8/c1-53-38(52)41-20-32(48)46-39(15-3-16-39)36-43-28-13-10-25(19-30(28)44-36)23-7-5-22(6-8-23)24-9-12-27-26(18-24)11-14-29-34(27)45-35(42-29)31-4-2-17-47(31)33(49)21-40-37(50)51;2*1-3-2/h5-10,12-13,18-19,31,40H,2-4,11,14-17,20-21H2,1H3,(H,41,52)(H,42,45)(H,43,44)(H,46,48)(H,50,51);2*3H2,1-2H3/t31-;;/m0../s1. The Balaban J connectivity index is 0.000000921. The summed E-state index contributed by atoms with van der Waals surface area (Å²) in [5, 5.41) is 16.6. The van der Waals surface area contributed by atoms with E-state index < -0.39 is 17.7 Å². The number of amides is 4. The van der Waals surface area contributed by atoms with Crippen LogP contribution in [0.5, 0.6) is 0 Å². The third-order valence-electron chi connectivity index (χ3n) is 10.7. The number of fused-ring (bicyclic) bond motifs is 4. The number of carbonyl (C=O) groups excluding carboxylic acids is 3. The van der Waals surface area contributed by atoms with Gasteiger partial charge in [0.05, 0.1) is 35.4 Å². The minimum Gasteiger partial charge on any atom is -0.465 e. The van der Waals surface area contributed by atoms with E-state index in [1.165, 1.54) is 25.5 Å². The monoisotopic (exact) mass is 804 g/mol. The molecule has 1 atom stereocenters. The molecule has 0 radical (unpaired) electrons. The van der Waals surface area contributed by atoms with Crippen molar-refractivity contribution in [3.8, 4) is 33.5 Å². The van der Waals surface area contributed by atoms with Crippen LogP contribution in [0, 0.1) is 0 Å². The van der Waals surface area contributed by atoms with Crippen molar-refractivity contribution >= 4 is 35.0 Å². The van der Waals surface area contributed by atoms with Gasteiger partial charge in [0.15, 0.2) is 0 Å². The molecule has 2 aliphatic carbocycles. The third kappa shape index (κ3) is 9.59. The van der Waals surface area contributed by atoms with Crippen LogP contribution in [-0.4, -0.2) is 80.7 Å². The van der Waals surface area contributed by atoms with Gasteiger partial charge in [0.2, 0.25) is 11.8 Å². The molecule has 14 nitrogen and oxygen atoms in total. The summed E-state index contributed by atoms with van der Waals surface area (Å²) in [6.45, 7) is 8.66. The van der Waals surface area contributed by atoms with Crippen LogP contribution in [0.15, 0.2) is 60.7 Å². The Bertz CT molecular complexity index is 2270. The first-order valence-corrected chi connectivity index (χ1v) is 20.7. The number of hydrogen-bond acceptors (Lipinski definition) is 7. The average molecular weight is 805 g/mol. The average Bonchev–Trinajstić information content (AvgIpc) is 3.99. The summed E-state index contributed by atoms with van der Waals surface area (Å²) in [6.07, 6.45) is 6.42. The van der Waals surface area contributed by atoms with Gasteiger partial charge in [0.1, 0.15) is 24.7 Å². The van der Waals surface area contributed by atoms with Gasteiger partial charge in [-0.15, -0.1) is 0 Å². The fourth-order valence-electron chi connectivity index (χ4n) is 7.82. The largest absolute Gasteiger partial charge is 0.465 e. The van der Waals surface area contributed by atoms with Crippen LogP contribution in [0.2, 0.25) is 0 Å². The van der Waals surface area contributed by atoms with Gasteiger partial charge < -0.3 is 40.7 Å². The predicted octanol–water partition coefficient (Wildman–Crippen LogP) is 8.00. The van der Waals surface area contributed by atoms with Crippen LogP contribution in [0.3, 0.4) is 0 Å². The summed E-state index contributed by atoms with van der Waals surface area (Å²) in [7, 11) is 1.26. The van der Waals surface area contributed by atoms with Crippen molar-refractivity contribution in [2.75, 3.05) is 26.7 Å². The van der Waals surface area contributed by atoms with E-state index in [0.29, 0.717) is 12.4 Å². The summed E-state index contributed by atoms with van der Waals surface area (Å²) < 4.78 is 4.56. The van der Waals surface area contributed by atoms with E-state index in [1.807, 2.05) is 6.07 Å². The van der Waals surface area contributed by atoms with Crippen molar-refractivity contribution < 1.29 is 29.0 Å². The number of aromatic nitrogens is 4. The molecule has 0 spiro atoms. The highest BCUT2D eigenvalue weighted by Crippen LogP contribution is 2.41. The number of aryl methyl sites for hydroxylation is 2. The number of imidazole rings is 2. The number of carboxylic acid groups (broad SMARTS) is 1. The molecule has 0 unspecified atom stereocenters. The number of H-pyrrole nitrogens is 2. The van der Waals surface area contributed by atoms with Crippen molar-refractivity contribution in [3.63, 3.8) is 0 Å². The lowest BCUT2D eigenvalue weighted by Gasteiger charge is -2.40. The highest BCUT2D eigenvalue weighted by atomic mass is 16.5. The number of aromatic amines is 2. The lowest BCUT2D eigenvalue weighted by Crippen LogP contribution is -2.53. The zero-order valence-electron chi connectivity index (χ0n) is 34.7. The van der Waals surface area contributed by atoms with Gasteiger partial charge in [-0.2, -0.15) is 0 Å². The molecule has 3 aliphatic rings. The Hall–Kier alpha value is -6.18. The number of hydrogen-bond donors (Lipinski definition) is 6. The van der Waals surface area contributed by atoms with Crippen LogP contribution in [0.1, 0.15) is 102 Å². The van der Waals surface area contributed by atoms with E-state index in [-0.39, 0.29) is 30.9 Å². The first-order chi connectivity index (χ1) is 28.5. The Morgan fingerprint density at radius 2 is 1.49 bits per heavy atom. The van der Waals surface area contributed by atoms with E-state index in [1.54, 1.807) is 4.90 Å². The van der Waals surface area contributed by atoms with Crippen molar-refractivity contribution in [3.05, 3.63) is 83.6 Å². The van der Waals surface area contributed by atoms with E-state index in [9.17, 15) is 19.2 Å². The number of methoxy groups -OCH3 is 1. The summed E-state index contributed by atoms with van der Waals surface area (Å²) in [6, 6.07) is 20.9. The fraction of sp³-hybridized carbons (Fsp3) is 0.422.